The van der Waals surface area contributed by atoms with Crippen molar-refractivity contribution in [2.45, 2.75) is 18.4 Å². The summed E-state index contributed by atoms with van der Waals surface area (Å²) in [6, 6.07) is -0.370. The van der Waals surface area contributed by atoms with Crippen molar-refractivity contribution in [1.82, 2.24) is 20.0 Å². The van der Waals surface area contributed by atoms with Crippen LogP contribution in [0.2, 0.25) is 0 Å². The number of rotatable bonds is 5. The normalized spacial score (nSPS) is 26.0. The average Bonchev–Trinajstić information content (AvgIpc) is 2.80. The Kier molecular flexibility index (Phi) is 5.15. The molecular weight excluding hydrogens is 300 g/mol. The number of ether oxygens (including phenoxy) is 1. The Morgan fingerprint density at radius 2 is 1.61 bits per heavy atom. The molecule has 3 amide bonds. The number of β-amino-alcohol motifs (C(OH)–C–C–N with tert-alkyl or cyclic N) is 1. The first kappa shape index (κ1) is 16.6. The van der Waals surface area contributed by atoms with Crippen molar-refractivity contribution in [1.29, 1.82) is 0 Å². The fraction of sp³-hybridized carbons (Fsp3) is 0.867. The first-order valence-corrected chi connectivity index (χ1v) is 8.42. The van der Waals surface area contributed by atoms with Gasteiger partial charge in [0.25, 0.3) is 5.91 Å². The van der Waals surface area contributed by atoms with E-state index in [1.165, 1.54) is 0 Å². The van der Waals surface area contributed by atoms with Crippen molar-refractivity contribution in [2.24, 2.45) is 0 Å². The van der Waals surface area contributed by atoms with Gasteiger partial charge in [0.1, 0.15) is 5.54 Å². The van der Waals surface area contributed by atoms with E-state index in [4.69, 9.17) is 9.84 Å². The van der Waals surface area contributed by atoms with E-state index in [-0.39, 0.29) is 25.1 Å². The Bertz CT molecular complexity index is 445. The Balaban J connectivity index is 1.48. The minimum Gasteiger partial charge on any atom is -0.395 e. The maximum atomic E-state index is 12.5. The van der Waals surface area contributed by atoms with E-state index >= 15 is 0 Å². The van der Waals surface area contributed by atoms with Crippen LogP contribution in [0.3, 0.4) is 0 Å². The summed E-state index contributed by atoms with van der Waals surface area (Å²) in [5, 5.41) is 11.8. The van der Waals surface area contributed by atoms with Crippen molar-refractivity contribution in [2.75, 3.05) is 65.6 Å². The summed E-state index contributed by atoms with van der Waals surface area (Å²) in [5.74, 6) is -0.177. The molecule has 0 aromatic rings. The molecule has 8 nitrogen and oxygen atoms in total. The lowest BCUT2D eigenvalue weighted by Crippen LogP contribution is -2.55. The third-order valence-electron chi connectivity index (χ3n) is 5.12. The first-order valence-electron chi connectivity index (χ1n) is 8.42. The lowest BCUT2D eigenvalue weighted by Gasteiger charge is -2.38. The van der Waals surface area contributed by atoms with E-state index in [1.807, 2.05) is 0 Å². The number of carbonyl (C=O) groups is 2. The number of aliphatic hydroxyl groups excluding tert-OH is 1. The second kappa shape index (κ2) is 7.12. The van der Waals surface area contributed by atoms with Crippen LogP contribution < -0.4 is 5.32 Å². The first-order chi connectivity index (χ1) is 11.1. The monoisotopic (exact) mass is 326 g/mol. The highest BCUT2D eigenvalue weighted by Crippen LogP contribution is 2.29. The maximum Gasteiger partial charge on any atom is 0.325 e. The molecule has 0 aromatic carbocycles. The van der Waals surface area contributed by atoms with Gasteiger partial charge in [0, 0.05) is 39.3 Å². The molecule has 3 aliphatic rings. The Morgan fingerprint density at radius 1 is 1.00 bits per heavy atom. The number of aliphatic hydroxyl groups is 1. The van der Waals surface area contributed by atoms with Gasteiger partial charge in [0.15, 0.2) is 0 Å². The minimum atomic E-state index is -0.748. The summed E-state index contributed by atoms with van der Waals surface area (Å²) in [5.41, 5.74) is -0.748. The van der Waals surface area contributed by atoms with Gasteiger partial charge in [-0.1, -0.05) is 0 Å². The number of nitrogens with one attached hydrogen (secondary N) is 1. The van der Waals surface area contributed by atoms with E-state index in [9.17, 15) is 9.59 Å². The number of hydrogen-bond acceptors (Lipinski definition) is 6. The lowest BCUT2D eigenvalue weighted by atomic mass is 9.87. The second-order valence-electron chi connectivity index (χ2n) is 6.49. The standard InChI is InChI=1S/C15H26N4O4/c20-10-7-19-13(21)15(16-14(19)22)1-3-17(4-2-15)5-6-18-8-11-23-12-9-18/h20H,1-12H2,(H,16,22). The van der Waals surface area contributed by atoms with E-state index in [2.05, 4.69) is 15.1 Å². The predicted octanol–water partition coefficient (Wildman–Crippen LogP) is -1.30. The van der Waals surface area contributed by atoms with Crippen LogP contribution in [0.15, 0.2) is 0 Å². The molecule has 0 atom stereocenters. The molecule has 130 valence electrons. The minimum absolute atomic E-state index is 0.0765. The summed E-state index contributed by atoms with van der Waals surface area (Å²) in [4.78, 5) is 30.3. The molecule has 3 rings (SSSR count). The predicted molar refractivity (Wildman–Crippen MR) is 83.0 cm³/mol. The number of amides is 3. The zero-order valence-corrected chi connectivity index (χ0v) is 13.5. The molecule has 1 spiro atoms. The summed E-state index contributed by atoms with van der Waals surface area (Å²) in [7, 11) is 0. The average molecular weight is 326 g/mol. The van der Waals surface area contributed by atoms with Gasteiger partial charge in [-0.3, -0.25) is 14.6 Å². The molecule has 0 radical (unpaired) electrons. The van der Waals surface area contributed by atoms with Crippen LogP contribution in [-0.2, 0) is 9.53 Å². The summed E-state index contributed by atoms with van der Waals surface area (Å²) in [6.45, 7) is 7.10. The molecule has 0 unspecified atom stereocenters. The molecule has 3 saturated heterocycles. The third kappa shape index (κ3) is 3.50. The topological polar surface area (TPSA) is 85.4 Å². The molecule has 0 bridgehead atoms. The number of carbonyl (C=O) groups excluding carboxylic acids is 2. The molecule has 8 heteroatoms. The molecule has 0 aromatic heterocycles. The SMILES string of the molecule is O=C1NC2(CCN(CCN3CCOCC3)CC2)C(=O)N1CCO. The van der Waals surface area contributed by atoms with Crippen LogP contribution in [0.4, 0.5) is 4.79 Å². The van der Waals surface area contributed by atoms with Gasteiger partial charge in [0.05, 0.1) is 26.4 Å². The molecule has 3 fully saturated rings. The van der Waals surface area contributed by atoms with Crippen molar-refractivity contribution >= 4 is 11.9 Å². The highest BCUT2D eigenvalue weighted by Gasteiger charge is 2.51. The van der Waals surface area contributed by atoms with Crippen molar-refractivity contribution in [3.8, 4) is 0 Å². The number of likely N-dealkylation sites (tertiary alicyclic amines) is 1. The second-order valence-corrected chi connectivity index (χ2v) is 6.49. The summed E-state index contributed by atoms with van der Waals surface area (Å²) < 4.78 is 5.35. The van der Waals surface area contributed by atoms with Crippen LogP contribution >= 0.6 is 0 Å². The van der Waals surface area contributed by atoms with Gasteiger partial charge in [-0.2, -0.15) is 0 Å². The van der Waals surface area contributed by atoms with Gasteiger partial charge in [0.2, 0.25) is 0 Å². The van der Waals surface area contributed by atoms with Crippen LogP contribution in [-0.4, -0.2) is 103 Å². The molecule has 23 heavy (non-hydrogen) atoms. The number of imide groups is 1. The Hall–Kier alpha value is -1.22. The van der Waals surface area contributed by atoms with E-state index < -0.39 is 5.54 Å². The van der Waals surface area contributed by atoms with E-state index in [0.29, 0.717) is 12.8 Å². The molecule has 0 saturated carbocycles. The highest BCUT2D eigenvalue weighted by molar-refractivity contribution is 6.07. The highest BCUT2D eigenvalue weighted by atomic mass is 16.5. The van der Waals surface area contributed by atoms with Gasteiger partial charge >= 0.3 is 6.03 Å². The summed E-state index contributed by atoms with van der Waals surface area (Å²) >= 11 is 0. The van der Waals surface area contributed by atoms with Crippen molar-refractivity contribution < 1.29 is 19.4 Å². The number of morpholine rings is 1. The lowest BCUT2D eigenvalue weighted by molar-refractivity contribution is -0.133. The maximum absolute atomic E-state index is 12.5. The van der Waals surface area contributed by atoms with Crippen LogP contribution in [0.25, 0.3) is 0 Å². The van der Waals surface area contributed by atoms with E-state index in [0.717, 1.165) is 57.4 Å². The Labute approximate surface area is 136 Å². The molecule has 0 aliphatic carbocycles. The molecule has 3 aliphatic heterocycles. The van der Waals surface area contributed by atoms with Crippen molar-refractivity contribution in [3.05, 3.63) is 0 Å². The largest absolute Gasteiger partial charge is 0.395 e. The van der Waals surface area contributed by atoms with Gasteiger partial charge in [-0.15, -0.1) is 0 Å². The number of piperidine rings is 1. The van der Waals surface area contributed by atoms with Crippen molar-refractivity contribution in [3.63, 3.8) is 0 Å². The quantitative estimate of drug-likeness (QED) is 0.611. The van der Waals surface area contributed by atoms with Gasteiger partial charge in [-0.25, -0.2) is 4.79 Å². The smallest absolute Gasteiger partial charge is 0.325 e. The number of urea groups is 1. The van der Waals surface area contributed by atoms with Crippen LogP contribution in [0, 0.1) is 0 Å². The van der Waals surface area contributed by atoms with Crippen LogP contribution in [0.5, 0.6) is 0 Å². The zero-order chi connectivity index (χ0) is 16.3. The molecule has 3 heterocycles. The van der Waals surface area contributed by atoms with Gasteiger partial charge < -0.3 is 20.1 Å². The fourth-order valence-electron chi connectivity index (χ4n) is 3.58. The summed E-state index contributed by atoms with van der Waals surface area (Å²) in [6.07, 6.45) is 1.28. The third-order valence-corrected chi connectivity index (χ3v) is 5.12. The number of nitrogens with zero attached hydrogens (tertiary/aromatic N) is 3. The zero-order valence-electron chi connectivity index (χ0n) is 13.5. The number of hydrogen-bond donors (Lipinski definition) is 2. The van der Waals surface area contributed by atoms with Gasteiger partial charge in [-0.05, 0) is 12.8 Å². The van der Waals surface area contributed by atoms with Crippen LogP contribution in [0.1, 0.15) is 12.8 Å². The molecular formula is C15H26N4O4. The fourth-order valence-corrected chi connectivity index (χ4v) is 3.58. The Morgan fingerprint density at radius 3 is 2.22 bits per heavy atom. The molecule has 2 N–H and O–H groups in total. The van der Waals surface area contributed by atoms with E-state index in [1.54, 1.807) is 0 Å².